The highest BCUT2D eigenvalue weighted by Gasteiger charge is 1.91. The molecular formula is C10H22OS2. The highest BCUT2D eigenvalue weighted by Crippen LogP contribution is 2.22. The number of hydrogen-bond acceptors (Lipinski definition) is 3. The molecule has 0 aromatic carbocycles. The van der Waals surface area contributed by atoms with Gasteiger partial charge >= 0.3 is 0 Å². The highest BCUT2D eigenvalue weighted by atomic mass is 33.1. The van der Waals surface area contributed by atoms with Gasteiger partial charge in [0.25, 0.3) is 0 Å². The van der Waals surface area contributed by atoms with Crippen LogP contribution in [0.15, 0.2) is 0 Å². The topological polar surface area (TPSA) is 20.2 Å². The summed E-state index contributed by atoms with van der Waals surface area (Å²) in [5.41, 5.74) is 0. The standard InChI is InChI=1S/C10H22OS2/c1-2-3-4-5-6-7-9-12-13-10-8-11/h11H,2-10H2,1H3. The van der Waals surface area contributed by atoms with Crippen LogP contribution in [0.2, 0.25) is 0 Å². The van der Waals surface area contributed by atoms with Crippen LogP contribution in [0.25, 0.3) is 0 Å². The van der Waals surface area contributed by atoms with Crippen LogP contribution in [-0.2, 0) is 0 Å². The van der Waals surface area contributed by atoms with E-state index in [1.807, 2.05) is 10.8 Å². The van der Waals surface area contributed by atoms with Gasteiger partial charge in [-0.1, -0.05) is 60.6 Å². The molecule has 0 heterocycles. The van der Waals surface area contributed by atoms with Crippen molar-refractivity contribution < 1.29 is 5.11 Å². The van der Waals surface area contributed by atoms with Crippen molar-refractivity contribution in [3.05, 3.63) is 0 Å². The van der Waals surface area contributed by atoms with Gasteiger partial charge in [-0.2, -0.15) is 0 Å². The molecular weight excluding hydrogens is 200 g/mol. The largest absolute Gasteiger partial charge is 0.395 e. The van der Waals surface area contributed by atoms with Crippen LogP contribution < -0.4 is 0 Å². The fourth-order valence-corrected chi connectivity index (χ4v) is 3.01. The fourth-order valence-electron chi connectivity index (χ4n) is 1.10. The number of unbranched alkanes of at least 4 members (excludes halogenated alkanes) is 5. The molecule has 0 aliphatic carbocycles. The SMILES string of the molecule is CCCCCCCCSSCCO. The maximum atomic E-state index is 8.53. The molecule has 1 N–H and O–H groups in total. The normalized spacial score (nSPS) is 10.6. The lowest BCUT2D eigenvalue weighted by molar-refractivity contribution is 0.323. The van der Waals surface area contributed by atoms with E-state index in [0.717, 1.165) is 5.75 Å². The van der Waals surface area contributed by atoms with Crippen LogP contribution in [-0.4, -0.2) is 23.2 Å². The van der Waals surface area contributed by atoms with Gasteiger partial charge in [0.05, 0.1) is 6.61 Å². The maximum Gasteiger partial charge on any atom is 0.0530 e. The minimum atomic E-state index is 0.314. The van der Waals surface area contributed by atoms with Crippen molar-refractivity contribution in [2.45, 2.75) is 45.4 Å². The molecule has 0 saturated carbocycles. The third-order valence-corrected chi connectivity index (χ3v) is 4.31. The van der Waals surface area contributed by atoms with Crippen LogP contribution in [0.1, 0.15) is 45.4 Å². The Balaban J connectivity index is 2.76. The first-order valence-corrected chi connectivity index (χ1v) is 7.76. The average Bonchev–Trinajstić information content (AvgIpc) is 2.16. The Morgan fingerprint density at radius 3 is 2.15 bits per heavy atom. The molecule has 1 nitrogen and oxygen atoms in total. The zero-order valence-corrected chi connectivity index (χ0v) is 10.3. The number of hydrogen-bond donors (Lipinski definition) is 1. The van der Waals surface area contributed by atoms with Crippen LogP contribution in [0.5, 0.6) is 0 Å². The van der Waals surface area contributed by atoms with E-state index in [2.05, 4.69) is 6.92 Å². The maximum absolute atomic E-state index is 8.53. The average molecular weight is 222 g/mol. The second-order valence-electron chi connectivity index (χ2n) is 3.14. The molecule has 0 aliphatic heterocycles. The fraction of sp³-hybridized carbons (Fsp3) is 1.00. The molecule has 0 aromatic heterocycles. The van der Waals surface area contributed by atoms with Crippen LogP contribution in [0, 0.1) is 0 Å². The molecule has 0 aromatic rings. The van der Waals surface area contributed by atoms with Gasteiger partial charge in [-0.15, -0.1) is 0 Å². The number of aliphatic hydroxyl groups excluding tert-OH is 1. The molecule has 0 fully saturated rings. The van der Waals surface area contributed by atoms with Gasteiger partial charge < -0.3 is 5.11 Å². The molecule has 0 rings (SSSR count). The zero-order valence-electron chi connectivity index (χ0n) is 8.63. The molecule has 0 atom stereocenters. The molecule has 0 bridgehead atoms. The third kappa shape index (κ3) is 12.7. The van der Waals surface area contributed by atoms with E-state index < -0.39 is 0 Å². The van der Waals surface area contributed by atoms with Crippen LogP contribution in [0.3, 0.4) is 0 Å². The Kier molecular flexibility index (Phi) is 13.3. The Morgan fingerprint density at radius 2 is 1.46 bits per heavy atom. The Bertz CT molecular complexity index is 79.0. The first-order chi connectivity index (χ1) is 6.41. The summed E-state index contributed by atoms with van der Waals surface area (Å²) in [5.74, 6) is 2.12. The first kappa shape index (κ1) is 13.7. The molecule has 0 saturated heterocycles. The number of rotatable bonds is 10. The van der Waals surface area contributed by atoms with Gasteiger partial charge in [0.1, 0.15) is 0 Å². The number of aliphatic hydroxyl groups is 1. The monoisotopic (exact) mass is 222 g/mol. The smallest absolute Gasteiger partial charge is 0.0530 e. The van der Waals surface area contributed by atoms with E-state index in [-0.39, 0.29) is 0 Å². The Labute approximate surface area is 90.5 Å². The van der Waals surface area contributed by atoms with Gasteiger partial charge in [-0.3, -0.25) is 0 Å². The van der Waals surface area contributed by atoms with Gasteiger partial charge in [0.2, 0.25) is 0 Å². The van der Waals surface area contributed by atoms with Crippen molar-refractivity contribution in [3.63, 3.8) is 0 Å². The highest BCUT2D eigenvalue weighted by molar-refractivity contribution is 8.76. The van der Waals surface area contributed by atoms with Gasteiger partial charge in [0.15, 0.2) is 0 Å². The molecule has 0 spiro atoms. The van der Waals surface area contributed by atoms with Crippen molar-refractivity contribution in [1.29, 1.82) is 0 Å². The minimum Gasteiger partial charge on any atom is -0.395 e. The summed E-state index contributed by atoms with van der Waals surface area (Å²) >= 11 is 0. The van der Waals surface area contributed by atoms with Crippen molar-refractivity contribution in [2.75, 3.05) is 18.1 Å². The van der Waals surface area contributed by atoms with E-state index in [1.165, 1.54) is 44.3 Å². The lowest BCUT2D eigenvalue weighted by Crippen LogP contribution is -1.84. The Morgan fingerprint density at radius 1 is 0.846 bits per heavy atom. The van der Waals surface area contributed by atoms with Crippen molar-refractivity contribution in [1.82, 2.24) is 0 Å². The summed E-state index contributed by atoms with van der Waals surface area (Å²) in [6, 6.07) is 0. The van der Waals surface area contributed by atoms with Gasteiger partial charge in [0, 0.05) is 11.5 Å². The van der Waals surface area contributed by atoms with E-state index >= 15 is 0 Å². The van der Waals surface area contributed by atoms with Crippen LogP contribution >= 0.6 is 21.6 Å². The predicted molar refractivity (Wildman–Crippen MR) is 65.4 cm³/mol. The minimum absolute atomic E-state index is 0.314. The summed E-state index contributed by atoms with van der Waals surface area (Å²) in [5, 5.41) is 8.53. The van der Waals surface area contributed by atoms with Crippen molar-refractivity contribution >= 4 is 21.6 Å². The molecule has 0 radical (unpaired) electrons. The summed E-state index contributed by atoms with van der Waals surface area (Å²) in [6.45, 7) is 2.57. The first-order valence-electron chi connectivity index (χ1n) is 5.27. The summed E-state index contributed by atoms with van der Waals surface area (Å²) < 4.78 is 0. The second-order valence-corrected chi connectivity index (χ2v) is 5.84. The van der Waals surface area contributed by atoms with Gasteiger partial charge in [-0.05, 0) is 6.42 Å². The molecule has 3 heteroatoms. The molecule has 0 unspecified atom stereocenters. The molecule has 13 heavy (non-hydrogen) atoms. The summed E-state index contributed by atoms with van der Waals surface area (Å²) in [4.78, 5) is 0. The van der Waals surface area contributed by atoms with Crippen molar-refractivity contribution in [3.8, 4) is 0 Å². The van der Waals surface area contributed by atoms with E-state index in [0.29, 0.717) is 6.61 Å². The van der Waals surface area contributed by atoms with Crippen molar-refractivity contribution in [2.24, 2.45) is 0 Å². The second kappa shape index (κ2) is 12.7. The quantitative estimate of drug-likeness (QED) is 0.449. The Hall–Kier alpha value is 0.660. The van der Waals surface area contributed by atoms with Gasteiger partial charge in [-0.25, -0.2) is 0 Å². The predicted octanol–water partition coefficient (Wildman–Crippen LogP) is 3.72. The molecule has 0 amide bonds. The zero-order chi connectivity index (χ0) is 9.78. The lowest BCUT2D eigenvalue weighted by atomic mass is 10.1. The van der Waals surface area contributed by atoms with Crippen LogP contribution in [0.4, 0.5) is 0 Å². The third-order valence-electron chi connectivity index (χ3n) is 1.84. The molecule has 0 aliphatic rings. The molecule has 80 valence electrons. The van der Waals surface area contributed by atoms with E-state index in [4.69, 9.17) is 5.11 Å². The van der Waals surface area contributed by atoms with E-state index in [1.54, 1.807) is 10.8 Å². The summed E-state index contributed by atoms with van der Waals surface area (Å²) in [7, 11) is 3.69. The van der Waals surface area contributed by atoms with E-state index in [9.17, 15) is 0 Å². The summed E-state index contributed by atoms with van der Waals surface area (Å²) in [6.07, 6.45) is 8.26. The lowest BCUT2D eigenvalue weighted by Gasteiger charge is -2.00.